The van der Waals surface area contributed by atoms with Crippen LogP contribution in [0.3, 0.4) is 0 Å². The zero-order chi connectivity index (χ0) is 10.1. The molecule has 1 heterocycles. The smallest absolute Gasteiger partial charge is 0.401 e. The van der Waals surface area contributed by atoms with Crippen molar-refractivity contribution in [1.82, 2.24) is 0 Å². The number of halogens is 2. The lowest BCUT2D eigenvalue weighted by molar-refractivity contribution is -0.338. The van der Waals surface area contributed by atoms with Crippen molar-refractivity contribution < 1.29 is 18.3 Å². The molecule has 0 saturated carbocycles. The molecule has 0 amide bonds. The molecule has 0 N–H and O–H groups in total. The Morgan fingerprint density at radius 2 is 2.00 bits per heavy atom. The van der Waals surface area contributed by atoms with Crippen LogP contribution in [0, 0.1) is 5.92 Å². The number of hydrogen-bond acceptors (Lipinski definition) is 2. The maximum atomic E-state index is 12.6. The van der Waals surface area contributed by atoms with E-state index in [0.29, 0.717) is 0 Å². The van der Waals surface area contributed by atoms with Crippen LogP contribution in [-0.2, 0) is 9.47 Å². The van der Waals surface area contributed by atoms with E-state index in [0.717, 1.165) is 12.8 Å². The van der Waals surface area contributed by atoms with Gasteiger partial charge < -0.3 is 9.47 Å². The summed E-state index contributed by atoms with van der Waals surface area (Å²) in [5, 5.41) is 0. The van der Waals surface area contributed by atoms with Crippen LogP contribution in [0.1, 0.15) is 33.6 Å². The average Bonchev–Trinajstić information content (AvgIpc) is 2.25. The highest BCUT2D eigenvalue weighted by Crippen LogP contribution is 2.37. The summed E-state index contributed by atoms with van der Waals surface area (Å²) < 4.78 is 33.8. The lowest BCUT2D eigenvalue weighted by Crippen LogP contribution is -2.17. The second kappa shape index (κ2) is 3.52. The zero-order valence-electron chi connectivity index (χ0n) is 8.06. The minimum Gasteiger partial charge on any atom is -0.401 e. The molecule has 0 fully saturated rings. The first-order valence-electron chi connectivity index (χ1n) is 4.43. The predicted molar refractivity (Wildman–Crippen MR) is 43.9 cm³/mol. The van der Waals surface area contributed by atoms with Gasteiger partial charge in [-0.2, -0.15) is 0 Å². The summed E-state index contributed by atoms with van der Waals surface area (Å²) in [5.74, 6) is 0.483. The van der Waals surface area contributed by atoms with Crippen molar-refractivity contribution in [2.24, 2.45) is 5.92 Å². The first kappa shape index (κ1) is 10.3. The Kier molecular flexibility index (Phi) is 2.78. The van der Waals surface area contributed by atoms with Crippen LogP contribution in [0.25, 0.3) is 0 Å². The molecule has 76 valence electrons. The zero-order valence-corrected chi connectivity index (χ0v) is 8.06. The van der Waals surface area contributed by atoms with Crippen molar-refractivity contribution in [2.75, 3.05) is 0 Å². The maximum Gasteiger partial charge on any atom is 0.585 e. The quantitative estimate of drug-likeness (QED) is 0.683. The largest absolute Gasteiger partial charge is 0.585 e. The van der Waals surface area contributed by atoms with E-state index in [4.69, 9.17) is 0 Å². The van der Waals surface area contributed by atoms with Crippen LogP contribution in [0.4, 0.5) is 8.78 Å². The topological polar surface area (TPSA) is 18.5 Å². The minimum absolute atomic E-state index is 0.00150. The SMILES string of the molecule is CCCC(C)C1=C(C)OC(F)(F)O1. The number of ether oxygens (including phenoxy) is 2. The van der Waals surface area contributed by atoms with E-state index in [1.807, 2.05) is 13.8 Å². The van der Waals surface area contributed by atoms with Crippen molar-refractivity contribution in [3.05, 3.63) is 11.5 Å². The van der Waals surface area contributed by atoms with E-state index in [1.165, 1.54) is 6.92 Å². The second-order valence-electron chi connectivity index (χ2n) is 3.28. The van der Waals surface area contributed by atoms with Gasteiger partial charge in [-0.15, -0.1) is 8.78 Å². The summed E-state index contributed by atoms with van der Waals surface area (Å²) >= 11 is 0. The van der Waals surface area contributed by atoms with E-state index < -0.39 is 6.29 Å². The standard InChI is InChI=1S/C9H14F2O2/c1-4-5-6(2)8-7(3)12-9(10,11)13-8/h6H,4-5H2,1-3H3. The molecular formula is C9H14F2O2. The fourth-order valence-electron chi connectivity index (χ4n) is 1.46. The van der Waals surface area contributed by atoms with Crippen LogP contribution < -0.4 is 0 Å². The molecular weight excluding hydrogens is 178 g/mol. The Hall–Kier alpha value is -0.800. The van der Waals surface area contributed by atoms with E-state index >= 15 is 0 Å². The molecule has 13 heavy (non-hydrogen) atoms. The normalized spacial score (nSPS) is 22.5. The molecule has 0 aromatic heterocycles. The summed E-state index contributed by atoms with van der Waals surface area (Å²) in [7, 11) is 0. The second-order valence-corrected chi connectivity index (χ2v) is 3.28. The number of alkyl halides is 2. The van der Waals surface area contributed by atoms with Gasteiger partial charge in [0.25, 0.3) is 0 Å². The highest BCUT2D eigenvalue weighted by molar-refractivity contribution is 5.06. The number of hydrogen-bond donors (Lipinski definition) is 0. The molecule has 0 radical (unpaired) electrons. The molecule has 2 nitrogen and oxygen atoms in total. The highest BCUT2D eigenvalue weighted by Gasteiger charge is 2.44. The molecule has 0 bridgehead atoms. The van der Waals surface area contributed by atoms with E-state index in [-0.39, 0.29) is 17.4 Å². The lowest BCUT2D eigenvalue weighted by atomic mass is 10.0. The highest BCUT2D eigenvalue weighted by atomic mass is 19.3. The fraction of sp³-hybridized carbons (Fsp3) is 0.778. The molecule has 1 aliphatic heterocycles. The first-order chi connectivity index (χ1) is 5.96. The molecule has 0 aromatic carbocycles. The fourth-order valence-corrected chi connectivity index (χ4v) is 1.46. The molecule has 0 saturated heterocycles. The molecule has 1 aliphatic rings. The summed E-state index contributed by atoms with van der Waals surface area (Å²) in [5.41, 5.74) is 0. The summed E-state index contributed by atoms with van der Waals surface area (Å²) in [4.78, 5) is 0. The third-order valence-electron chi connectivity index (χ3n) is 2.02. The minimum atomic E-state index is -3.46. The van der Waals surface area contributed by atoms with E-state index in [2.05, 4.69) is 9.47 Å². The van der Waals surface area contributed by atoms with Gasteiger partial charge in [0.2, 0.25) is 0 Å². The van der Waals surface area contributed by atoms with Crippen molar-refractivity contribution in [3.63, 3.8) is 0 Å². The van der Waals surface area contributed by atoms with Gasteiger partial charge in [-0.1, -0.05) is 20.3 Å². The van der Waals surface area contributed by atoms with Crippen molar-refractivity contribution in [3.8, 4) is 0 Å². The monoisotopic (exact) mass is 192 g/mol. The third kappa shape index (κ3) is 2.32. The number of allylic oxidation sites excluding steroid dienone is 2. The van der Waals surface area contributed by atoms with E-state index in [1.54, 1.807) is 0 Å². The van der Waals surface area contributed by atoms with Crippen molar-refractivity contribution >= 4 is 0 Å². The lowest BCUT2D eigenvalue weighted by Gasteiger charge is -2.12. The molecule has 1 rings (SSSR count). The molecule has 1 atom stereocenters. The average molecular weight is 192 g/mol. The van der Waals surface area contributed by atoms with Gasteiger partial charge in [0.15, 0.2) is 0 Å². The Morgan fingerprint density at radius 1 is 1.38 bits per heavy atom. The first-order valence-corrected chi connectivity index (χ1v) is 4.43. The van der Waals surface area contributed by atoms with E-state index in [9.17, 15) is 8.78 Å². The van der Waals surface area contributed by atoms with Gasteiger partial charge in [-0.3, -0.25) is 0 Å². The third-order valence-corrected chi connectivity index (χ3v) is 2.02. The van der Waals surface area contributed by atoms with Crippen LogP contribution >= 0.6 is 0 Å². The Morgan fingerprint density at radius 3 is 2.38 bits per heavy atom. The Bertz CT molecular complexity index is 224. The molecule has 1 unspecified atom stereocenters. The van der Waals surface area contributed by atoms with Gasteiger partial charge in [-0.05, 0) is 13.3 Å². The molecule has 0 aliphatic carbocycles. The number of rotatable bonds is 3. The van der Waals surface area contributed by atoms with Gasteiger partial charge in [0.1, 0.15) is 11.5 Å². The van der Waals surface area contributed by atoms with Crippen molar-refractivity contribution in [2.45, 2.75) is 39.9 Å². The van der Waals surface area contributed by atoms with Gasteiger partial charge >= 0.3 is 6.29 Å². The Balaban J connectivity index is 2.65. The predicted octanol–water partition coefficient (Wildman–Crippen LogP) is 3.25. The van der Waals surface area contributed by atoms with Crippen LogP contribution in [0.15, 0.2) is 11.5 Å². The van der Waals surface area contributed by atoms with Crippen LogP contribution in [0.2, 0.25) is 0 Å². The van der Waals surface area contributed by atoms with Gasteiger partial charge in [-0.25, -0.2) is 0 Å². The molecule has 0 spiro atoms. The molecule has 4 heteroatoms. The van der Waals surface area contributed by atoms with Gasteiger partial charge in [0, 0.05) is 5.92 Å². The van der Waals surface area contributed by atoms with Crippen LogP contribution in [-0.4, -0.2) is 6.29 Å². The summed E-state index contributed by atoms with van der Waals surface area (Å²) in [6, 6.07) is 0. The maximum absolute atomic E-state index is 12.6. The summed E-state index contributed by atoms with van der Waals surface area (Å²) in [6.45, 7) is 5.36. The molecule has 0 aromatic rings. The van der Waals surface area contributed by atoms with Crippen LogP contribution in [0.5, 0.6) is 0 Å². The Labute approximate surface area is 76.5 Å². The summed E-state index contributed by atoms with van der Waals surface area (Å²) in [6.07, 6.45) is -1.69. The van der Waals surface area contributed by atoms with Crippen molar-refractivity contribution in [1.29, 1.82) is 0 Å². The van der Waals surface area contributed by atoms with Gasteiger partial charge in [0.05, 0.1) is 0 Å².